The predicted octanol–water partition coefficient (Wildman–Crippen LogP) is 4.39. The van der Waals surface area contributed by atoms with Gasteiger partial charge in [-0.05, 0) is 24.3 Å². The van der Waals surface area contributed by atoms with E-state index in [1.807, 2.05) is 12.1 Å². The zero-order chi connectivity index (χ0) is 17.2. The van der Waals surface area contributed by atoms with Gasteiger partial charge in [0.1, 0.15) is 5.82 Å². The maximum absolute atomic E-state index is 13.6. The third-order valence-electron chi connectivity index (χ3n) is 3.86. The van der Waals surface area contributed by atoms with Gasteiger partial charge in [0.15, 0.2) is 23.2 Å². The normalized spacial score (nSPS) is 14.0. The van der Waals surface area contributed by atoms with Crippen molar-refractivity contribution in [1.29, 1.82) is 0 Å². The van der Waals surface area contributed by atoms with Crippen LogP contribution in [0.3, 0.4) is 0 Å². The summed E-state index contributed by atoms with van der Waals surface area (Å²) >= 11 is 0. The first-order valence-electron chi connectivity index (χ1n) is 7.72. The van der Waals surface area contributed by atoms with E-state index in [-0.39, 0.29) is 18.1 Å². The molecule has 1 aliphatic heterocycles. The van der Waals surface area contributed by atoms with Crippen LogP contribution in [0.4, 0.5) is 16.1 Å². The first kappa shape index (κ1) is 15.1. The van der Waals surface area contributed by atoms with Crippen molar-refractivity contribution in [2.45, 2.75) is 6.54 Å². The van der Waals surface area contributed by atoms with Gasteiger partial charge in [-0.1, -0.05) is 18.2 Å². The Balaban J connectivity index is 1.55. The second-order valence-corrected chi connectivity index (χ2v) is 5.54. The number of halogens is 1. The molecule has 1 aliphatic rings. The van der Waals surface area contributed by atoms with Crippen molar-refractivity contribution >= 4 is 29.6 Å². The van der Waals surface area contributed by atoms with Crippen LogP contribution in [-0.4, -0.2) is 16.3 Å². The number of rotatable bonds is 4. The Morgan fingerprint density at radius 2 is 2.08 bits per heavy atom. The summed E-state index contributed by atoms with van der Waals surface area (Å²) in [5, 5.41) is 13.0. The lowest BCUT2D eigenvalue weighted by Gasteiger charge is -2.03. The summed E-state index contributed by atoms with van der Waals surface area (Å²) in [6.45, 7) is 0.254. The number of allylic oxidation sites excluding steroid dienone is 1. The van der Waals surface area contributed by atoms with E-state index in [2.05, 4.69) is 15.3 Å². The molecule has 2 aromatic heterocycles. The van der Waals surface area contributed by atoms with E-state index in [4.69, 9.17) is 4.42 Å². The van der Waals surface area contributed by atoms with E-state index in [1.54, 1.807) is 36.7 Å². The van der Waals surface area contributed by atoms with Crippen LogP contribution < -0.4 is 5.32 Å². The average Bonchev–Trinajstić information content (AvgIpc) is 3.19. The highest BCUT2D eigenvalue weighted by molar-refractivity contribution is 6.20. The SMILES string of the molecule is Oc1cc(NCc2ccccc2F)oc1C=C1C=Nc2ncccc21. The summed E-state index contributed by atoms with van der Waals surface area (Å²) in [5.41, 5.74) is 2.19. The number of aromatic hydroxyl groups is 1. The van der Waals surface area contributed by atoms with Crippen molar-refractivity contribution in [3.63, 3.8) is 0 Å². The smallest absolute Gasteiger partial charge is 0.197 e. The van der Waals surface area contributed by atoms with Crippen molar-refractivity contribution in [3.8, 4) is 5.75 Å². The van der Waals surface area contributed by atoms with E-state index in [1.165, 1.54) is 12.1 Å². The molecule has 0 spiro atoms. The Hall–Kier alpha value is -3.41. The molecule has 0 radical (unpaired) electrons. The van der Waals surface area contributed by atoms with Gasteiger partial charge in [-0.15, -0.1) is 0 Å². The zero-order valence-corrected chi connectivity index (χ0v) is 13.1. The number of fused-ring (bicyclic) bond motifs is 1. The molecular weight excluding hydrogens is 321 g/mol. The van der Waals surface area contributed by atoms with Crippen LogP contribution in [0, 0.1) is 5.82 Å². The van der Waals surface area contributed by atoms with Gasteiger partial charge < -0.3 is 14.8 Å². The van der Waals surface area contributed by atoms with Gasteiger partial charge in [-0.25, -0.2) is 14.4 Å². The fourth-order valence-electron chi connectivity index (χ4n) is 2.59. The molecule has 1 aromatic carbocycles. The number of hydrogen-bond acceptors (Lipinski definition) is 5. The van der Waals surface area contributed by atoms with Crippen LogP contribution in [0.5, 0.6) is 5.75 Å². The van der Waals surface area contributed by atoms with Gasteiger partial charge in [0.05, 0.1) is 0 Å². The highest BCUT2D eigenvalue weighted by Gasteiger charge is 2.15. The molecule has 0 saturated heterocycles. The molecule has 0 atom stereocenters. The Bertz CT molecular complexity index is 992. The van der Waals surface area contributed by atoms with Gasteiger partial charge in [0.25, 0.3) is 0 Å². The van der Waals surface area contributed by atoms with Crippen molar-refractivity contribution in [2.75, 3.05) is 5.32 Å². The molecule has 0 amide bonds. The number of benzene rings is 1. The lowest BCUT2D eigenvalue weighted by molar-refractivity contribution is 0.455. The van der Waals surface area contributed by atoms with Crippen LogP contribution in [0.25, 0.3) is 11.6 Å². The maximum Gasteiger partial charge on any atom is 0.197 e. The Morgan fingerprint density at radius 1 is 1.20 bits per heavy atom. The van der Waals surface area contributed by atoms with Crippen LogP contribution in [0.2, 0.25) is 0 Å². The molecule has 4 rings (SSSR count). The van der Waals surface area contributed by atoms with Crippen LogP contribution >= 0.6 is 0 Å². The molecule has 0 fully saturated rings. The van der Waals surface area contributed by atoms with Crippen molar-refractivity contribution < 1.29 is 13.9 Å². The summed E-state index contributed by atoms with van der Waals surface area (Å²) in [5.74, 6) is 0.995. The van der Waals surface area contributed by atoms with Crippen molar-refractivity contribution in [2.24, 2.45) is 4.99 Å². The van der Waals surface area contributed by atoms with Crippen LogP contribution in [0.1, 0.15) is 16.9 Å². The quantitative estimate of drug-likeness (QED) is 0.742. The minimum Gasteiger partial charge on any atom is -0.504 e. The third kappa shape index (κ3) is 3.01. The number of furan rings is 1. The molecule has 25 heavy (non-hydrogen) atoms. The third-order valence-corrected chi connectivity index (χ3v) is 3.86. The van der Waals surface area contributed by atoms with E-state index in [0.29, 0.717) is 23.0 Å². The first-order chi connectivity index (χ1) is 12.2. The largest absolute Gasteiger partial charge is 0.504 e. The van der Waals surface area contributed by atoms with Crippen molar-refractivity contribution in [3.05, 3.63) is 71.4 Å². The Kier molecular flexibility index (Phi) is 3.78. The highest BCUT2D eigenvalue weighted by Crippen LogP contribution is 2.34. The monoisotopic (exact) mass is 335 g/mol. The second kappa shape index (κ2) is 6.24. The summed E-state index contributed by atoms with van der Waals surface area (Å²) in [6, 6.07) is 11.7. The fraction of sp³-hybridized carbons (Fsp3) is 0.0526. The maximum atomic E-state index is 13.6. The molecule has 124 valence electrons. The molecule has 0 bridgehead atoms. The predicted molar refractivity (Wildman–Crippen MR) is 94.4 cm³/mol. The van der Waals surface area contributed by atoms with Gasteiger partial charge in [-0.2, -0.15) is 0 Å². The van der Waals surface area contributed by atoms with Gasteiger partial charge >= 0.3 is 0 Å². The number of aromatic nitrogens is 1. The number of nitrogens with one attached hydrogen (secondary N) is 1. The van der Waals surface area contributed by atoms with Gasteiger partial charge in [0.2, 0.25) is 0 Å². The minimum atomic E-state index is -0.292. The highest BCUT2D eigenvalue weighted by atomic mass is 19.1. The van der Waals surface area contributed by atoms with Crippen LogP contribution in [0.15, 0.2) is 58.1 Å². The van der Waals surface area contributed by atoms with E-state index in [9.17, 15) is 9.50 Å². The molecule has 3 heterocycles. The standard InChI is InChI=1S/C19H14FN3O2/c20-15-6-2-1-4-12(15)10-22-18-9-16(24)17(25-18)8-13-11-23-19-14(13)5-3-7-21-19/h1-9,11,22,24H,10H2. The molecule has 6 heteroatoms. The number of aliphatic imine (C=N–C) groups is 1. The topological polar surface area (TPSA) is 70.7 Å². The number of nitrogens with zero attached hydrogens (tertiary/aromatic N) is 2. The number of pyridine rings is 1. The minimum absolute atomic E-state index is 0.00530. The number of hydrogen-bond donors (Lipinski definition) is 2. The molecule has 2 N–H and O–H groups in total. The lowest BCUT2D eigenvalue weighted by Crippen LogP contribution is -2.00. The fourth-order valence-corrected chi connectivity index (χ4v) is 2.59. The summed E-state index contributed by atoms with van der Waals surface area (Å²) in [7, 11) is 0. The Morgan fingerprint density at radius 3 is 2.96 bits per heavy atom. The first-order valence-corrected chi connectivity index (χ1v) is 7.72. The van der Waals surface area contributed by atoms with Gasteiger partial charge in [-0.3, -0.25) is 0 Å². The Labute approximate surface area is 143 Å². The average molecular weight is 335 g/mol. The van der Waals surface area contributed by atoms with E-state index >= 15 is 0 Å². The molecular formula is C19H14FN3O2. The molecule has 0 saturated carbocycles. The summed E-state index contributed by atoms with van der Waals surface area (Å²) in [6.07, 6.45) is 5.04. The van der Waals surface area contributed by atoms with Crippen molar-refractivity contribution in [1.82, 2.24) is 4.98 Å². The summed E-state index contributed by atoms with van der Waals surface area (Å²) in [4.78, 5) is 8.38. The lowest BCUT2D eigenvalue weighted by atomic mass is 10.1. The summed E-state index contributed by atoms with van der Waals surface area (Å²) < 4.78 is 19.2. The molecule has 5 nitrogen and oxygen atoms in total. The second-order valence-electron chi connectivity index (χ2n) is 5.54. The van der Waals surface area contributed by atoms with Crippen LogP contribution in [-0.2, 0) is 6.54 Å². The van der Waals surface area contributed by atoms with E-state index < -0.39 is 0 Å². The number of anilines is 1. The molecule has 0 aliphatic carbocycles. The molecule has 0 unspecified atom stereocenters. The zero-order valence-electron chi connectivity index (χ0n) is 13.1. The molecule has 3 aromatic rings. The van der Waals surface area contributed by atoms with Gasteiger partial charge in [0, 0.05) is 41.7 Å². The van der Waals surface area contributed by atoms with E-state index in [0.717, 1.165) is 11.1 Å².